The first kappa shape index (κ1) is 13.8. The molecular weight excluding hydrogens is 249 g/mol. The zero-order chi connectivity index (χ0) is 13.8. The summed E-state index contributed by atoms with van der Waals surface area (Å²) in [6.45, 7) is 3.42. The van der Waals surface area contributed by atoms with Crippen molar-refractivity contribution in [3.8, 4) is 5.75 Å². The Kier molecular flexibility index (Phi) is 4.37. The maximum absolute atomic E-state index is 13.7. The van der Waals surface area contributed by atoms with Crippen LogP contribution in [0.5, 0.6) is 5.75 Å². The summed E-state index contributed by atoms with van der Waals surface area (Å²) >= 11 is 0. The number of likely N-dealkylation sites (tertiary alicyclic amines) is 1. The summed E-state index contributed by atoms with van der Waals surface area (Å²) in [6, 6.07) is 4.35. The molecule has 1 saturated heterocycles. The second-order valence-corrected chi connectivity index (χ2v) is 4.66. The summed E-state index contributed by atoms with van der Waals surface area (Å²) in [5.74, 6) is -0.961. The predicted molar refractivity (Wildman–Crippen MR) is 68.6 cm³/mol. The van der Waals surface area contributed by atoms with Crippen LogP contribution in [0.2, 0.25) is 0 Å². The Balaban J connectivity index is 2.07. The molecule has 1 aliphatic rings. The molecule has 2 rings (SSSR count). The van der Waals surface area contributed by atoms with Crippen molar-refractivity contribution in [2.75, 3.05) is 13.2 Å². The van der Waals surface area contributed by atoms with E-state index in [0.717, 1.165) is 18.5 Å². The second-order valence-electron chi connectivity index (χ2n) is 4.66. The van der Waals surface area contributed by atoms with Gasteiger partial charge < -0.3 is 9.84 Å². The van der Waals surface area contributed by atoms with E-state index in [4.69, 9.17) is 9.84 Å². The number of carboxylic acid groups (broad SMARTS) is 1. The third-order valence-corrected chi connectivity index (χ3v) is 3.33. The van der Waals surface area contributed by atoms with Crippen LogP contribution in [0.25, 0.3) is 0 Å². The molecule has 1 aromatic carbocycles. The molecule has 19 heavy (non-hydrogen) atoms. The van der Waals surface area contributed by atoms with Gasteiger partial charge in [0.05, 0.1) is 6.61 Å². The van der Waals surface area contributed by atoms with Crippen LogP contribution >= 0.6 is 0 Å². The van der Waals surface area contributed by atoms with Gasteiger partial charge in [0, 0.05) is 6.54 Å². The lowest BCUT2D eigenvalue weighted by Crippen LogP contribution is -2.35. The first-order chi connectivity index (χ1) is 9.11. The number of halogens is 1. The van der Waals surface area contributed by atoms with E-state index in [2.05, 4.69) is 0 Å². The highest BCUT2D eigenvalue weighted by atomic mass is 19.1. The molecule has 1 aliphatic heterocycles. The number of carboxylic acids is 1. The highest BCUT2D eigenvalue weighted by molar-refractivity contribution is 5.73. The number of nitrogens with zero attached hydrogens (tertiary/aromatic N) is 1. The molecule has 1 atom stereocenters. The van der Waals surface area contributed by atoms with Gasteiger partial charge in [-0.15, -0.1) is 0 Å². The molecule has 0 saturated carbocycles. The topological polar surface area (TPSA) is 49.8 Å². The van der Waals surface area contributed by atoms with E-state index in [0.29, 0.717) is 19.6 Å². The Morgan fingerprint density at radius 2 is 2.37 bits per heavy atom. The van der Waals surface area contributed by atoms with Crippen molar-refractivity contribution in [1.29, 1.82) is 0 Å². The fourth-order valence-electron chi connectivity index (χ4n) is 2.44. The van der Waals surface area contributed by atoms with Crippen molar-refractivity contribution in [1.82, 2.24) is 4.90 Å². The average molecular weight is 267 g/mol. The molecule has 1 unspecified atom stereocenters. The molecule has 104 valence electrons. The molecular formula is C14H18FNO3. The van der Waals surface area contributed by atoms with Gasteiger partial charge >= 0.3 is 5.97 Å². The number of hydrogen-bond acceptors (Lipinski definition) is 3. The second kappa shape index (κ2) is 6.02. The zero-order valence-corrected chi connectivity index (χ0v) is 10.9. The zero-order valence-electron chi connectivity index (χ0n) is 10.9. The lowest BCUT2D eigenvalue weighted by molar-refractivity contribution is -0.142. The van der Waals surface area contributed by atoms with Crippen molar-refractivity contribution in [3.63, 3.8) is 0 Å². The molecule has 0 aliphatic carbocycles. The fourth-order valence-corrected chi connectivity index (χ4v) is 2.44. The normalized spacial score (nSPS) is 19.6. The molecule has 1 fully saturated rings. The average Bonchev–Trinajstić information content (AvgIpc) is 2.81. The highest BCUT2D eigenvalue weighted by Crippen LogP contribution is 2.23. The van der Waals surface area contributed by atoms with Gasteiger partial charge in [0.25, 0.3) is 0 Å². The smallest absolute Gasteiger partial charge is 0.320 e. The van der Waals surface area contributed by atoms with Gasteiger partial charge in [-0.3, -0.25) is 9.69 Å². The Hall–Kier alpha value is -1.62. The van der Waals surface area contributed by atoms with E-state index in [9.17, 15) is 9.18 Å². The SMILES string of the molecule is CCOc1ccc(CN2CCCC2C(=O)O)cc1F. The van der Waals surface area contributed by atoms with Gasteiger partial charge in [0.1, 0.15) is 6.04 Å². The van der Waals surface area contributed by atoms with Crippen LogP contribution in [0.15, 0.2) is 18.2 Å². The molecule has 4 nitrogen and oxygen atoms in total. The number of carbonyl (C=O) groups is 1. The quantitative estimate of drug-likeness (QED) is 0.889. The minimum atomic E-state index is -0.802. The molecule has 0 bridgehead atoms. The molecule has 5 heteroatoms. The van der Waals surface area contributed by atoms with Crippen molar-refractivity contribution >= 4 is 5.97 Å². The van der Waals surface area contributed by atoms with E-state index >= 15 is 0 Å². The lowest BCUT2D eigenvalue weighted by Gasteiger charge is -2.21. The summed E-state index contributed by atoms with van der Waals surface area (Å²) in [4.78, 5) is 12.9. The van der Waals surface area contributed by atoms with Crippen molar-refractivity contribution in [3.05, 3.63) is 29.6 Å². The van der Waals surface area contributed by atoms with Crippen LogP contribution in [-0.2, 0) is 11.3 Å². The van der Waals surface area contributed by atoms with Gasteiger partial charge in [-0.1, -0.05) is 6.07 Å². The van der Waals surface area contributed by atoms with Gasteiger partial charge in [-0.2, -0.15) is 0 Å². The third kappa shape index (κ3) is 3.23. The largest absolute Gasteiger partial charge is 0.491 e. The fraction of sp³-hybridized carbons (Fsp3) is 0.500. The summed E-state index contributed by atoms with van der Waals surface area (Å²) in [5, 5.41) is 9.09. The number of rotatable bonds is 5. The highest BCUT2D eigenvalue weighted by Gasteiger charge is 2.30. The van der Waals surface area contributed by atoms with Gasteiger partial charge in [-0.05, 0) is 44.0 Å². The standard InChI is InChI=1S/C14H18FNO3/c1-2-19-13-6-5-10(8-11(13)15)9-16-7-3-4-12(16)14(17)18/h5-6,8,12H,2-4,7,9H2,1H3,(H,17,18). The van der Waals surface area contributed by atoms with Gasteiger partial charge in [0.2, 0.25) is 0 Å². The van der Waals surface area contributed by atoms with E-state index in [1.54, 1.807) is 19.1 Å². The molecule has 1 N–H and O–H groups in total. The summed E-state index contributed by atoms with van der Waals surface area (Å²) in [7, 11) is 0. The van der Waals surface area contributed by atoms with Gasteiger partial charge in [-0.25, -0.2) is 4.39 Å². The monoisotopic (exact) mass is 267 g/mol. The molecule has 1 aromatic rings. The first-order valence-electron chi connectivity index (χ1n) is 6.50. The Labute approximate surface area is 111 Å². The predicted octanol–water partition coefficient (Wildman–Crippen LogP) is 2.27. The molecule has 0 amide bonds. The number of ether oxygens (including phenoxy) is 1. The van der Waals surface area contributed by atoms with Crippen LogP contribution in [-0.4, -0.2) is 35.2 Å². The minimum absolute atomic E-state index is 0.238. The summed E-state index contributed by atoms with van der Waals surface area (Å²) in [5.41, 5.74) is 0.772. The molecule has 0 spiro atoms. The summed E-state index contributed by atoms with van der Waals surface area (Å²) in [6.07, 6.45) is 1.53. The lowest BCUT2D eigenvalue weighted by atomic mass is 10.1. The number of hydrogen-bond donors (Lipinski definition) is 1. The van der Waals surface area contributed by atoms with Crippen LogP contribution in [0.4, 0.5) is 4.39 Å². The van der Waals surface area contributed by atoms with E-state index in [-0.39, 0.29) is 5.75 Å². The minimum Gasteiger partial charge on any atom is -0.491 e. The Morgan fingerprint density at radius 1 is 1.58 bits per heavy atom. The maximum Gasteiger partial charge on any atom is 0.320 e. The maximum atomic E-state index is 13.7. The number of aliphatic carboxylic acids is 1. The van der Waals surface area contributed by atoms with E-state index < -0.39 is 17.8 Å². The van der Waals surface area contributed by atoms with Crippen molar-refractivity contribution in [2.24, 2.45) is 0 Å². The third-order valence-electron chi connectivity index (χ3n) is 3.33. The van der Waals surface area contributed by atoms with Crippen LogP contribution in [0.3, 0.4) is 0 Å². The molecule has 0 aromatic heterocycles. The van der Waals surface area contributed by atoms with Crippen molar-refractivity contribution < 1.29 is 19.0 Å². The van der Waals surface area contributed by atoms with Gasteiger partial charge in [0.15, 0.2) is 11.6 Å². The Morgan fingerprint density at radius 3 is 3.00 bits per heavy atom. The molecule has 1 heterocycles. The number of benzene rings is 1. The summed E-state index contributed by atoms with van der Waals surface area (Å²) < 4.78 is 18.8. The first-order valence-corrected chi connectivity index (χ1v) is 6.50. The van der Waals surface area contributed by atoms with Crippen LogP contribution in [0, 0.1) is 5.82 Å². The van der Waals surface area contributed by atoms with E-state index in [1.807, 2.05) is 4.90 Å². The van der Waals surface area contributed by atoms with Crippen LogP contribution in [0.1, 0.15) is 25.3 Å². The molecule has 0 radical (unpaired) electrons. The van der Waals surface area contributed by atoms with Crippen molar-refractivity contribution in [2.45, 2.75) is 32.4 Å². The van der Waals surface area contributed by atoms with Crippen LogP contribution < -0.4 is 4.74 Å². The Bertz CT molecular complexity index is 464. The van der Waals surface area contributed by atoms with E-state index in [1.165, 1.54) is 6.07 Å².